The third-order valence-electron chi connectivity index (χ3n) is 8.93. The Kier molecular flexibility index (Phi) is 6.14. The van der Waals surface area contributed by atoms with E-state index in [-0.39, 0.29) is 0 Å². The molecule has 0 bridgehead atoms. The van der Waals surface area contributed by atoms with Crippen molar-refractivity contribution in [2.45, 2.75) is 0 Å². The van der Waals surface area contributed by atoms with Crippen LogP contribution in [0.3, 0.4) is 0 Å². The predicted molar refractivity (Wildman–Crippen MR) is 192 cm³/mol. The number of para-hydroxylation sites is 5. The lowest BCUT2D eigenvalue weighted by Gasteiger charge is -2.20. The molecule has 216 valence electrons. The van der Waals surface area contributed by atoms with Crippen LogP contribution in [0.15, 0.2) is 176 Å². The molecule has 0 amide bonds. The highest BCUT2D eigenvalue weighted by Crippen LogP contribution is 2.42. The summed E-state index contributed by atoms with van der Waals surface area (Å²) in [5.41, 5.74) is 12.4. The Bertz CT molecular complexity index is 2470. The van der Waals surface area contributed by atoms with Gasteiger partial charge in [-0.25, -0.2) is 4.98 Å². The van der Waals surface area contributed by atoms with Crippen LogP contribution in [0.4, 0.5) is 0 Å². The van der Waals surface area contributed by atoms with Crippen molar-refractivity contribution in [1.82, 2.24) is 14.1 Å². The van der Waals surface area contributed by atoms with Crippen LogP contribution >= 0.6 is 0 Å². The Hall–Kier alpha value is -6.19. The molecule has 0 aliphatic carbocycles. The van der Waals surface area contributed by atoms with Gasteiger partial charge in [0.1, 0.15) is 5.82 Å². The van der Waals surface area contributed by atoms with E-state index in [0.717, 1.165) is 33.7 Å². The van der Waals surface area contributed by atoms with Crippen molar-refractivity contribution < 1.29 is 0 Å². The smallest absolute Gasteiger partial charge is 0.145 e. The molecular formula is C43H29N3. The van der Waals surface area contributed by atoms with Gasteiger partial charge in [0.25, 0.3) is 0 Å². The Morgan fingerprint density at radius 1 is 0.370 bits per heavy atom. The summed E-state index contributed by atoms with van der Waals surface area (Å²) in [6.07, 6.45) is 0. The summed E-state index contributed by atoms with van der Waals surface area (Å²) in [6.45, 7) is 0. The summed E-state index contributed by atoms with van der Waals surface area (Å²) in [7, 11) is 0. The topological polar surface area (TPSA) is 22.8 Å². The molecule has 0 spiro atoms. The van der Waals surface area contributed by atoms with Crippen LogP contribution in [0.5, 0.6) is 0 Å². The van der Waals surface area contributed by atoms with Crippen molar-refractivity contribution in [2.75, 3.05) is 0 Å². The van der Waals surface area contributed by atoms with Gasteiger partial charge in [0, 0.05) is 33.2 Å². The van der Waals surface area contributed by atoms with Gasteiger partial charge >= 0.3 is 0 Å². The zero-order valence-electron chi connectivity index (χ0n) is 25.1. The fourth-order valence-electron chi connectivity index (χ4n) is 6.91. The molecule has 0 unspecified atom stereocenters. The van der Waals surface area contributed by atoms with Gasteiger partial charge in [-0.1, -0.05) is 140 Å². The summed E-state index contributed by atoms with van der Waals surface area (Å²) >= 11 is 0. The van der Waals surface area contributed by atoms with E-state index >= 15 is 0 Å². The van der Waals surface area contributed by atoms with Crippen LogP contribution < -0.4 is 0 Å². The number of rotatable bonds is 5. The summed E-state index contributed by atoms with van der Waals surface area (Å²) < 4.78 is 4.74. The lowest BCUT2D eigenvalue weighted by atomic mass is 9.95. The number of hydrogen-bond donors (Lipinski definition) is 0. The van der Waals surface area contributed by atoms with Crippen LogP contribution in [0.2, 0.25) is 0 Å². The largest absolute Gasteiger partial charge is 0.308 e. The number of benzene rings is 7. The van der Waals surface area contributed by atoms with Gasteiger partial charge in [0.05, 0.1) is 27.8 Å². The van der Waals surface area contributed by atoms with E-state index in [9.17, 15) is 0 Å². The number of aromatic nitrogens is 3. The van der Waals surface area contributed by atoms with Gasteiger partial charge in [-0.15, -0.1) is 0 Å². The molecule has 0 fully saturated rings. The maximum atomic E-state index is 5.10. The first kappa shape index (κ1) is 26.2. The number of nitrogens with zero attached hydrogens (tertiary/aromatic N) is 3. The van der Waals surface area contributed by atoms with Crippen molar-refractivity contribution in [2.24, 2.45) is 0 Å². The normalized spacial score (nSPS) is 11.5. The Morgan fingerprint density at radius 3 is 1.59 bits per heavy atom. The highest BCUT2D eigenvalue weighted by Gasteiger charge is 2.20. The highest BCUT2D eigenvalue weighted by atomic mass is 15.1. The fourth-order valence-corrected chi connectivity index (χ4v) is 6.91. The first-order chi connectivity index (χ1) is 22.8. The Morgan fingerprint density at radius 2 is 0.891 bits per heavy atom. The monoisotopic (exact) mass is 587 g/mol. The van der Waals surface area contributed by atoms with E-state index in [2.05, 4.69) is 179 Å². The molecule has 2 aromatic heterocycles. The van der Waals surface area contributed by atoms with E-state index in [4.69, 9.17) is 4.98 Å². The molecule has 3 heteroatoms. The molecular weight excluding hydrogens is 558 g/mol. The zero-order valence-corrected chi connectivity index (χ0v) is 25.1. The van der Waals surface area contributed by atoms with Gasteiger partial charge in [0.15, 0.2) is 0 Å². The molecule has 9 aromatic rings. The van der Waals surface area contributed by atoms with Crippen molar-refractivity contribution in [3.05, 3.63) is 176 Å². The van der Waals surface area contributed by atoms with Crippen LogP contribution in [-0.2, 0) is 0 Å². The summed E-state index contributed by atoms with van der Waals surface area (Å²) in [5.74, 6) is 0.930. The second kappa shape index (κ2) is 10.8. The van der Waals surface area contributed by atoms with E-state index in [0.29, 0.717) is 0 Å². The van der Waals surface area contributed by atoms with Crippen LogP contribution in [-0.4, -0.2) is 14.1 Å². The lowest BCUT2D eigenvalue weighted by molar-refractivity contribution is 1.10. The van der Waals surface area contributed by atoms with Gasteiger partial charge in [-0.2, -0.15) is 0 Å². The molecule has 0 saturated carbocycles. The SMILES string of the molecule is c1ccc(-c2cccc(-c3cccc(-n4c(-c5ccccc5)nc5ccccc54)c3)c2-n2c3ccccc3c3ccccc32)cc1. The first-order valence-corrected chi connectivity index (χ1v) is 15.7. The third-order valence-corrected chi connectivity index (χ3v) is 8.93. The number of fused-ring (bicyclic) bond motifs is 4. The molecule has 3 nitrogen and oxygen atoms in total. The molecule has 0 N–H and O–H groups in total. The standard InChI is InChI=1S/C43H29N3/c1-3-15-30(16-4-1)34-23-14-24-35(42(34)46-39-26-10-7-21-36(39)37-22-8-11-27-40(37)46)32-19-13-20-33(29-32)45-41-28-12-9-25-38(41)44-43(45)31-17-5-2-6-18-31/h1-29H. The molecule has 7 aromatic carbocycles. The van der Waals surface area contributed by atoms with Gasteiger partial charge in [0.2, 0.25) is 0 Å². The molecule has 46 heavy (non-hydrogen) atoms. The maximum Gasteiger partial charge on any atom is 0.145 e. The van der Waals surface area contributed by atoms with Crippen LogP contribution in [0.25, 0.3) is 77.9 Å². The van der Waals surface area contributed by atoms with E-state index in [1.807, 2.05) is 6.07 Å². The third kappa shape index (κ3) is 4.17. The second-order valence-corrected chi connectivity index (χ2v) is 11.6. The fraction of sp³-hybridized carbons (Fsp3) is 0. The minimum atomic E-state index is 0.930. The average Bonchev–Trinajstić information content (AvgIpc) is 3.69. The molecule has 0 aliphatic rings. The Labute approximate surface area is 267 Å². The second-order valence-electron chi connectivity index (χ2n) is 11.6. The lowest BCUT2D eigenvalue weighted by Crippen LogP contribution is -2.02. The average molecular weight is 588 g/mol. The predicted octanol–water partition coefficient (Wildman–Crippen LogP) is 11.1. The minimum absolute atomic E-state index is 0.930. The highest BCUT2D eigenvalue weighted by molar-refractivity contribution is 6.10. The molecule has 2 heterocycles. The van der Waals surface area contributed by atoms with Crippen molar-refractivity contribution in [3.8, 4) is 45.0 Å². The molecule has 0 radical (unpaired) electrons. The molecule has 9 rings (SSSR count). The zero-order chi connectivity index (χ0) is 30.5. The van der Waals surface area contributed by atoms with Crippen molar-refractivity contribution in [3.63, 3.8) is 0 Å². The maximum absolute atomic E-state index is 5.10. The van der Waals surface area contributed by atoms with Crippen LogP contribution in [0.1, 0.15) is 0 Å². The quantitative estimate of drug-likeness (QED) is 0.196. The number of hydrogen-bond acceptors (Lipinski definition) is 1. The van der Waals surface area contributed by atoms with E-state index < -0.39 is 0 Å². The summed E-state index contributed by atoms with van der Waals surface area (Å²) in [4.78, 5) is 5.10. The molecule has 0 saturated heterocycles. The van der Waals surface area contributed by atoms with Gasteiger partial charge in [-0.3, -0.25) is 4.57 Å². The van der Waals surface area contributed by atoms with Crippen LogP contribution in [0, 0.1) is 0 Å². The Balaban J connectivity index is 1.34. The van der Waals surface area contributed by atoms with Crippen molar-refractivity contribution in [1.29, 1.82) is 0 Å². The van der Waals surface area contributed by atoms with Gasteiger partial charge in [-0.05, 0) is 47.5 Å². The summed E-state index contributed by atoms with van der Waals surface area (Å²) in [6, 6.07) is 62.6. The summed E-state index contributed by atoms with van der Waals surface area (Å²) in [5, 5.41) is 2.50. The van der Waals surface area contributed by atoms with E-state index in [1.165, 1.54) is 44.2 Å². The van der Waals surface area contributed by atoms with E-state index in [1.54, 1.807) is 0 Å². The molecule has 0 aliphatic heterocycles. The molecule has 0 atom stereocenters. The number of imidazole rings is 1. The first-order valence-electron chi connectivity index (χ1n) is 15.7. The van der Waals surface area contributed by atoms with Crippen molar-refractivity contribution >= 4 is 32.8 Å². The van der Waals surface area contributed by atoms with Gasteiger partial charge < -0.3 is 4.57 Å². The minimum Gasteiger partial charge on any atom is -0.308 e.